The quantitative estimate of drug-likeness (QED) is 0.0353. The first-order chi connectivity index (χ1) is 30.5. The summed E-state index contributed by atoms with van der Waals surface area (Å²) in [6.07, 6.45) is 47.7. The molecule has 0 spiro atoms. The maximum absolute atomic E-state index is 12.3. The number of aliphatic hydroxyl groups excluding tert-OH is 2. The van der Waals surface area contributed by atoms with E-state index in [2.05, 4.69) is 35.9 Å². The van der Waals surface area contributed by atoms with Gasteiger partial charge in [0.2, 0.25) is 0 Å². The molecular weight excluding hydrogens is 769 g/mol. The maximum atomic E-state index is 12.3. The van der Waals surface area contributed by atoms with Gasteiger partial charge in [0.25, 0.3) is 0 Å². The first-order valence-electron chi connectivity index (χ1n) is 27.8. The molecule has 0 amide bonds. The SMILES string of the molecule is CCCCCCCCCCCCCCN(CCCCN(CCCCCCCCCCCCCC)CC(O)CNCCCC(=O)OCCCCCCCCCCCC)CC(O)CN. The average Bonchev–Trinajstić information content (AvgIpc) is 3.27. The molecule has 0 aromatic heterocycles. The zero-order chi connectivity index (χ0) is 45.2. The Hall–Kier alpha value is -0.770. The normalized spacial score (nSPS) is 12.8. The van der Waals surface area contributed by atoms with Crippen LogP contribution in [0.4, 0.5) is 0 Å². The van der Waals surface area contributed by atoms with Gasteiger partial charge in [-0.25, -0.2) is 0 Å². The number of aliphatic hydroxyl groups is 2. The van der Waals surface area contributed by atoms with Crippen LogP contribution < -0.4 is 11.1 Å². The number of unbranched alkanes of at least 4 members (excludes halogenated alkanes) is 32. The largest absolute Gasteiger partial charge is 0.466 e. The summed E-state index contributed by atoms with van der Waals surface area (Å²) in [4.78, 5) is 17.2. The minimum absolute atomic E-state index is 0.0953. The van der Waals surface area contributed by atoms with Crippen molar-refractivity contribution in [2.75, 3.05) is 65.5 Å². The average molecular weight is 882 g/mol. The number of nitrogens with one attached hydrogen (secondary N) is 1. The molecular formula is C54H112N4O4. The fourth-order valence-electron chi connectivity index (χ4n) is 8.82. The van der Waals surface area contributed by atoms with Crippen LogP contribution in [0.3, 0.4) is 0 Å². The fourth-order valence-corrected chi connectivity index (χ4v) is 8.82. The van der Waals surface area contributed by atoms with Gasteiger partial charge in [-0.3, -0.25) is 4.79 Å². The predicted octanol–water partition coefficient (Wildman–Crippen LogP) is 13.3. The first kappa shape index (κ1) is 61.2. The monoisotopic (exact) mass is 881 g/mol. The van der Waals surface area contributed by atoms with E-state index < -0.39 is 12.2 Å². The highest BCUT2D eigenvalue weighted by Gasteiger charge is 2.14. The second-order valence-electron chi connectivity index (χ2n) is 19.3. The maximum Gasteiger partial charge on any atom is 0.305 e. The van der Waals surface area contributed by atoms with Crippen LogP contribution in [-0.4, -0.2) is 104 Å². The second-order valence-corrected chi connectivity index (χ2v) is 19.3. The zero-order valence-electron chi connectivity index (χ0n) is 42.3. The summed E-state index contributed by atoms with van der Waals surface area (Å²) < 4.78 is 5.49. The fraction of sp³-hybridized carbons (Fsp3) is 0.981. The Morgan fingerprint density at radius 2 is 0.758 bits per heavy atom. The number of nitrogens with zero attached hydrogens (tertiary/aromatic N) is 2. The van der Waals surface area contributed by atoms with Gasteiger partial charge in [0.05, 0.1) is 18.8 Å². The van der Waals surface area contributed by atoms with Crippen molar-refractivity contribution in [2.45, 2.75) is 277 Å². The molecule has 5 N–H and O–H groups in total. The van der Waals surface area contributed by atoms with Gasteiger partial charge in [0.15, 0.2) is 0 Å². The van der Waals surface area contributed by atoms with Crippen LogP contribution in [0, 0.1) is 0 Å². The predicted molar refractivity (Wildman–Crippen MR) is 270 cm³/mol. The lowest BCUT2D eigenvalue weighted by atomic mass is 10.1. The van der Waals surface area contributed by atoms with E-state index in [4.69, 9.17) is 10.5 Å². The van der Waals surface area contributed by atoms with Gasteiger partial charge in [-0.15, -0.1) is 0 Å². The summed E-state index contributed by atoms with van der Waals surface area (Å²) in [6.45, 7) is 14.4. The van der Waals surface area contributed by atoms with E-state index in [0.717, 1.165) is 58.3 Å². The van der Waals surface area contributed by atoms with Crippen molar-refractivity contribution in [3.05, 3.63) is 0 Å². The lowest BCUT2D eigenvalue weighted by Crippen LogP contribution is -2.40. The molecule has 0 radical (unpaired) electrons. The van der Waals surface area contributed by atoms with Crippen LogP contribution >= 0.6 is 0 Å². The molecule has 0 aliphatic carbocycles. The Kier molecular flexibility index (Phi) is 50.6. The number of ether oxygens (including phenoxy) is 1. The Balaban J connectivity index is 4.53. The van der Waals surface area contributed by atoms with Gasteiger partial charge >= 0.3 is 5.97 Å². The van der Waals surface area contributed by atoms with Crippen molar-refractivity contribution in [1.82, 2.24) is 15.1 Å². The van der Waals surface area contributed by atoms with Crippen LogP contribution in [0.1, 0.15) is 265 Å². The molecule has 0 saturated carbocycles. The summed E-state index contributed by atoms with van der Waals surface area (Å²) in [5, 5.41) is 24.9. The number of nitrogens with two attached hydrogens (primary N) is 1. The van der Waals surface area contributed by atoms with Crippen molar-refractivity contribution >= 4 is 5.97 Å². The molecule has 372 valence electrons. The third kappa shape index (κ3) is 47.2. The summed E-state index contributed by atoms with van der Waals surface area (Å²) in [5.41, 5.74) is 5.83. The highest BCUT2D eigenvalue weighted by atomic mass is 16.5. The molecule has 0 aliphatic heterocycles. The van der Waals surface area contributed by atoms with Crippen molar-refractivity contribution in [1.29, 1.82) is 0 Å². The van der Waals surface area contributed by atoms with E-state index >= 15 is 0 Å². The van der Waals surface area contributed by atoms with Crippen LogP contribution in [-0.2, 0) is 9.53 Å². The number of carbonyl (C=O) groups is 1. The molecule has 0 saturated heterocycles. The van der Waals surface area contributed by atoms with Crippen molar-refractivity contribution < 1.29 is 19.7 Å². The summed E-state index contributed by atoms with van der Waals surface area (Å²) >= 11 is 0. The first-order valence-corrected chi connectivity index (χ1v) is 27.8. The Morgan fingerprint density at radius 3 is 1.11 bits per heavy atom. The Bertz CT molecular complexity index is 866. The third-order valence-electron chi connectivity index (χ3n) is 12.9. The van der Waals surface area contributed by atoms with Crippen molar-refractivity contribution in [3.8, 4) is 0 Å². The molecule has 0 aromatic rings. The standard InChI is InChI=1S/C54H112N4O4/c1-4-7-10-13-16-19-22-24-26-29-32-35-43-57(50-52(59)48-55)45-37-38-46-58(44-36-33-30-27-25-23-20-17-14-11-8-5-2)51-53(60)49-56-42-40-41-54(61)62-47-39-34-31-28-21-18-15-12-9-6-3/h52-53,56,59-60H,4-51,55H2,1-3H3. The van der Waals surface area contributed by atoms with Crippen LogP contribution in [0.15, 0.2) is 0 Å². The third-order valence-corrected chi connectivity index (χ3v) is 12.9. The van der Waals surface area contributed by atoms with E-state index in [1.807, 2.05) is 0 Å². The van der Waals surface area contributed by atoms with Gasteiger partial charge < -0.3 is 35.8 Å². The van der Waals surface area contributed by atoms with Gasteiger partial charge in [0.1, 0.15) is 0 Å². The molecule has 62 heavy (non-hydrogen) atoms. The molecule has 0 aliphatic rings. The minimum atomic E-state index is -0.461. The minimum Gasteiger partial charge on any atom is -0.466 e. The van der Waals surface area contributed by atoms with Gasteiger partial charge in [-0.2, -0.15) is 0 Å². The second kappa shape index (κ2) is 51.2. The highest BCUT2D eigenvalue weighted by molar-refractivity contribution is 5.69. The molecule has 2 unspecified atom stereocenters. The molecule has 0 fully saturated rings. The van der Waals surface area contributed by atoms with E-state index in [0.29, 0.717) is 45.8 Å². The lowest BCUT2D eigenvalue weighted by Gasteiger charge is -2.27. The van der Waals surface area contributed by atoms with E-state index in [9.17, 15) is 15.0 Å². The van der Waals surface area contributed by atoms with Gasteiger partial charge in [0, 0.05) is 32.6 Å². The molecule has 8 heteroatoms. The van der Waals surface area contributed by atoms with Crippen LogP contribution in [0.2, 0.25) is 0 Å². The number of hydrogen-bond acceptors (Lipinski definition) is 8. The van der Waals surface area contributed by atoms with E-state index in [1.165, 1.54) is 205 Å². The van der Waals surface area contributed by atoms with Crippen molar-refractivity contribution in [3.63, 3.8) is 0 Å². The molecule has 2 atom stereocenters. The van der Waals surface area contributed by atoms with Gasteiger partial charge in [-0.1, -0.05) is 220 Å². The highest BCUT2D eigenvalue weighted by Crippen LogP contribution is 2.15. The number of rotatable bonds is 53. The Morgan fingerprint density at radius 1 is 0.452 bits per heavy atom. The van der Waals surface area contributed by atoms with Crippen LogP contribution in [0.25, 0.3) is 0 Å². The molecule has 8 nitrogen and oxygen atoms in total. The topological polar surface area (TPSA) is 111 Å². The molecule has 0 rings (SSSR count). The summed E-state index contributed by atoms with van der Waals surface area (Å²) in [5.74, 6) is -0.0953. The lowest BCUT2D eigenvalue weighted by molar-refractivity contribution is -0.143. The summed E-state index contributed by atoms with van der Waals surface area (Å²) in [6, 6.07) is 0. The number of esters is 1. The number of carbonyl (C=O) groups excluding carboxylic acids is 1. The molecule has 0 heterocycles. The Labute approximate surface area is 387 Å². The van der Waals surface area contributed by atoms with Gasteiger partial charge in [-0.05, 0) is 71.2 Å². The zero-order valence-corrected chi connectivity index (χ0v) is 42.3. The summed E-state index contributed by atoms with van der Waals surface area (Å²) in [7, 11) is 0. The van der Waals surface area contributed by atoms with Crippen LogP contribution in [0.5, 0.6) is 0 Å². The smallest absolute Gasteiger partial charge is 0.305 e. The van der Waals surface area contributed by atoms with E-state index in [1.54, 1.807) is 0 Å². The molecule has 0 aromatic carbocycles. The molecule has 0 bridgehead atoms. The number of hydrogen-bond donors (Lipinski definition) is 4. The van der Waals surface area contributed by atoms with Crippen molar-refractivity contribution in [2.24, 2.45) is 5.73 Å². The van der Waals surface area contributed by atoms with E-state index in [-0.39, 0.29) is 5.97 Å².